The zero-order valence-electron chi connectivity index (χ0n) is 12.0. The molecule has 0 bridgehead atoms. The number of aryl methyl sites for hydroxylation is 1. The largest absolute Gasteiger partial charge is 0.366 e. The Balaban J connectivity index is 2.17. The van der Waals surface area contributed by atoms with E-state index in [0.29, 0.717) is 24.4 Å². The van der Waals surface area contributed by atoms with Gasteiger partial charge in [-0.2, -0.15) is 0 Å². The Bertz CT molecular complexity index is 624. The van der Waals surface area contributed by atoms with Crippen molar-refractivity contribution >= 4 is 21.6 Å². The van der Waals surface area contributed by atoms with Crippen LogP contribution >= 0.6 is 0 Å². The average Bonchev–Trinajstić information content (AvgIpc) is 2.50. The fourth-order valence-electron chi connectivity index (χ4n) is 2.03. The van der Waals surface area contributed by atoms with Crippen LogP contribution in [-0.2, 0) is 19.6 Å². The van der Waals surface area contributed by atoms with E-state index in [1.54, 1.807) is 19.1 Å². The van der Waals surface area contributed by atoms with Gasteiger partial charge in [0.1, 0.15) is 6.10 Å². The minimum atomic E-state index is -3.56. The Morgan fingerprint density at radius 1 is 1.43 bits per heavy atom. The second-order valence-corrected chi connectivity index (χ2v) is 6.60. The molecule has 3 N–H and O–H groups in total. The van der Waals surface area contributed by atoms with E-state index >= 15 is 0 Å². The zero-order valence-corrected chi connectivity index (χ0v) is 12.8. The molecular weight excluding hydrogens is 294 g/mol. The van der Waals surface area contributed by atoms with Crippen molar-refractivity contribution in [1.29, 1.82) is 0 Å². The molecule has 1 aliphatic heterocycles. The molecule has 1 fully saturated rings. The van der Waals surface area contributed by atoms with Gasteiger partial charge in [-0.15, -0.1) is 0 Å². The van der Waals surface area contributed by atoms with Gasteiger partial charge in [-0.05, 0) is 31.7 Å². The maximum Gasteiger partial charge on any atom is 0.254 e. The third kappa shape index (κ3) is 3.79. The molecule has 2 rings (SSSR count). The van der Waals surface area contributed by atoms with Gasteiger partial charge in [-0.25, -0.2) is 13.1 Å². The summed E-state index contributed by atoms with van der Waals surface area (Å²) in [5.41, 5.74) is 1.03. The molecule has 8 heteroatoms. The molecule has 0 aromatic heterocycles. The van der Waals surface area contributed by atoms with Crippen molar-refractivity contribution < 1.29 is 17.9 Å². The Labute approximate surface area is 124 Å². The number of nitrogens with one attached hydrogen (secondary N) is 3. The van der Waals surface area contributed by atoms with Gasteiger partial charge < -0.3 is 15.4 Å². The number of hydrogen-bond donors (Lipinski definition) is 3. The van der Waals surface area contributed by atoms with Crippen LogP contribution < -0.4 is 15.4 Å². The number of sulfonamides is 1. The van der Waals surface area contributed by atoms with Crippen LogP contribution in [0.1, 0.15) is 5.56 Å². The van der Waals surface area contributed by atoms with Gasteiger partial charge in [0.15, 0.2) is 0 Å². The van der Waals surface area contributed by atoms with Gasteiger partial charge in [0.05, 0.1) is 11.5 Å². The number of carbonyl (C=O) groups is 1. The Morgan fingerprint density at radius 3 is 2.81 bits per heavy atom. The van der Waals surface area contributed by atoms with Crippen molar-refractivity contribution in [2.75, 3.05) is 32.1 Å². The minimum Gasteiger partial charge on any atom is -0.366 e. The van der Waals surface area contributed by atoms with Crippen LogP contribution in [0.4, 0.5) is 5.69 Å². The highest BCUT2D eigenvalue weighted by atomic mass is 32.2. The first-order chi connectivity index (χ1) is 9.94. The van der Waals surface area contributed by atoms with E-state index in [-0.39, 0.29) is 10.8 Å². The lowest BCUT2D eigenvalue weighted by atomic mass is 10.2. The number of carbonyl (C=O) groups excluding carboxylic acids is 1. The van der Waals surface area contributed by atoms with E-state index < -0.39 is 16.1 Å². The molecule has 1 saturated heterocycles. The van der Waals surface area contributed by atoms with Gasteiger partial charge in [0, 0.05) is 18.8 Å². The van der Waals surface area contributed by atoms with Crippen LogP contribution in [0.3, 0.4) is 0 Å². The number of anilines is 1. The number of benzene rings is 1. The zero-order chi connectivity index (χ0) is 15.5. The summed E-state index contributed by atoms with van der Waals surface area (Å²) in [4.78, 5) is 12.2. The fourth-order valence-corrected chi connectivity index (χ4v) is 3.03. The smallest absolute Gasteiger partial charge is 0.254 e. The highest BCUT2D eigenvalue weighted by Crippen LogP contribution is 2.20. The average molecular weight is 313 g/mol. The molecule has 21 heavy (non-hydrogen) atoms. The molecule has 0 aliphatic carbocycles. The molecule has 1 heterocycles. The molecular formula is C13H19N3O4S. The predicted octanol–water partition coefficient (Wildman–Crippen LogP) is -0.170. The van der Waals surface area contributed by atoms with E-state index in [1.807, 2.05) is 0 Å². The third-order valence-corrected chi connectivity index (χ3v) is 4.79. The summed E-state index contributed by atoms with van der Waals surface area (Å²) in [5, 5.41) is 5.74. The highest BCUT2D eigenvalue weighted by Gasteiger charge is 2.22. The summed E-state index contributed by atoms with van der Waals surface area (Å²) < 4.78 is 31.4. The van der Waals surface area contributed by atoms with Gasteiger partial charge in [0.25, 0.3) is 5.91 Å². The predicted molar refractivity (Wildman–Crippen MR) is 78.7 cm³/mol. The summed E-state index contributed by atoms with van der Waals surface area (Å²) in [5.74, 6) is -0.293. The number of hydrogen-bond acceptors (Lipinski definition) is 5. The number of rotatable bonds is 4. The van der Waals surface area contributed by atoms with Crippen molar-refractivity contribution in [3.63, 3.8) is 0 Å². The molecule has 1 aliphatic rings. The summed E-state index contributed by atoms with van der Waals surface area (Å²) in [6.07, 6.45) is -0.565. The van der Waals surface area contributed by atoms with E-state index in [0.717, 1.165) is 6.54 Å². The maximum atomic E-state index is 12.0. The molecule has 0 saturated carbocycles. The first-order valence-electron chi connectivity index (χ1n) is 6.61. The Hall–Kier alpha value is -1.48. The van der Waals surface area contributed by atoms with Gasteiger partial charge in [-0.3, -0.25) is 4.79 Å². The van der Waals surface area contributed by atoms with Crippen molar-refractivity contribution in [2.24, 2.45) is 0 Å². The Kier molecular flexibility index (Phi) is 4.94. The Morgan fingerprint density at radius 2 is 2.19 bits per heavy atom. The van der Waals surface area contributed by atoms with Crippen molar-refractivity contribution in [3.8, 4) is 0 Å². The maximum absolute atomic E-state index is 12.0. The SMILES string of the molecule is CNS(=O)(=O)c1cc(NC(=O)C2CNCCO2)ccc1C. The van der Waals surface area contributed by atoms with Gasteiger partial charge >= 0.3 is 0 Å². The lowest BCUT2D eigenvalue weighted by Crippen LogP contribution is -2.45. The van der Waals surface area contributed by atoms with Crippen LogP contribution in [0, 0.1) is 6.92 Å². The molecule has 1 amide bonds. The lowest BCUT2D eigenvalue weighted by molar-refractivity contribution is -0.128. The lowest BCUT2D eigenvalue weighted by Gasteiger charge is -2.22. The number of morpholine rings is 1. The molecule has 0 spiro atoms. The van der Waals surface area contributed by atoms with Gasteiger partial charge in [0.2, 0.25) is 10.0 Å². The van der Waals surface area contributed by atoms with Crippen molar-refractivity contribution in [3.05, 3.63) is 23.8 Å². The van der Waals surface area contributed by atoms with Crippen LogP contribution in [0.5, 0.6) is 0 Å². The van der Waals surface area contributed by atoms with Crippen LogP contribution in [0.2, 0.25) is 0 Å². The minimum absolute atomic E-state index is 0.144. The van der Waals surface area contributed by atoms with E-state index in [4.69, 9.17) is 4.74 Å². The number of amides is 1. The second kappa shape index (κ2) is 6.52. The quantitative estimate of drug-likeness (QED) is 0.717. The fraction of sp³-hybridized carbons (Fsp3) is 0.462. The van der Waals surface area contributed by atoms with Crippen LogP contribution in [0.25, 0.3) is 0 Å². The molecule has 1 atom stereocenters. The van der Waals surface area contributed by atoms with E-state index in [2.05, 4.69) is 15.4 Å². The molecule has 0 radical (unpaired) electrons. The first-order valence-corrected chi connectivity index (χ1v) is 8.10. The third-order valence-electron chi connectivity index (χ3n) is 3.23. The van der Waals surface area contributed by atoms with Crippen LogP contribution in [-0.4, -0.2) is 47.2 Å². The van der Waals surface area contributed by atoms with Crippen LogP contribution in [0.15, 0.2) is 23.1 Å². The first kappa shape index (κ1) is 15.9. The monoisotopic (exact) mass is 313 g/mol. The topological polar surface area (TPSA) is 96.5 Å². The van der Waals surface area contributed by atoms with Crippen molar-refractivity contribution in [1.82, 2.24) is 10.0 Å². The standard InChI is InChI=1S/C13H19N3O4S/c1-9-3-4-10(7-12(9)21(18,19)14-2)16-13(17)11-8-15-5-6-20-11/h3-4,7,11,14-15H,5-6,8H2,1-2H3,(H,16,17). The molecule has 116 valence electrons. The second-order valence-electron chi connectivity index (χ2n) is 4.74. The summed E-state index contributed by atoms with van der Waals surface area (Å²) in [6.45, 7) is 3.34. The van der Waals surface area contributed by atoms with Gasteiger partial charge in [-0.1, -0.05) is 6.07 Å². The molecule has 1 aromatic carbocycles. The number of ether oxygens (including phenoxy) is 1. The highest BCUT2D eigenvalue weighted by molar-refractivity contribution is 7.89. The summed E-state index contributed by atoms with van der Waals surface area (Å²) in [7, 11) is -2.21. The molecule has 1 aromatic rings. The molecule has 1 unspecified atom stereocenters. The summed E-state index contributed by atoms with van der Waals surface area (Å²) >= 11 is 0. The molecule has 7 nitrogen and oxygen atoms in total. The van der Waals surface area contributed by atoms with E-state index in [1.165, 1.54) is 13.1 Å². The normalized spacial score (nSPS) is 19.2. The van der Waals surface area contributed by atoms with E-state index in [9.17, 15) is 13.2 Å². The van der Waals surface area contributed by atoms with Crippen molar-refractivity contribution in [2.45, 2.75) is 17.9 Å². The summed E-state index contributed by atoms with van der Waals surface area (Å²) in [6, 6.07) is 4.76.